The molecule has 0 bridgehead atoms. The van der Waals surface area contributed by atoms with Gasteiger partial charge in [-0.05, 0) is 43.7 Å². The molecule has 0 fully saturated rings. The molecule has 6 heteroatoms. The summed E-state index contributed by atoms with van der Waals surface area (Å²) in [5.74, 6) is 2.93. The van der Waals surface area contributed by atoms with Crippen molar-refractivity contribution >= 4 is 6.21 Å². The molecule has 2 rings (SSSR count). The highest BCUT2D eigenvalue weighted by molar-refractivity contribution is 5.83. The van der Waals surface area contributed by atoms with Gasteiger partial charge in [-0.15, -0.1) is 0 Å². The normalized spacial score (nSPS) is 10.6. The van der Waals surface area contributed by atoms with Crippen LogP contribution in [-0.2, 0) is 6.54 Å². The Balaban J connectivity index is 2.01. The summed E-state index contributed by atoms with van der Waals surface area (Å²) < 4.78 is 21.7. The summed E-state index contributed by atoms with van der Waals surface area (Å²) in [7, 11) is 3.24. The van der Waals surface area contributed by atoms with Gasteiger partial charge in [-0.2, -0.15) is 5.10 Å². The maximum Gasteiger partial charge on any atom is 0.161 e. The second-order valence-corrected chi connectivity index (χ2v) is 5.35. The molecule has 0 saturated carbocycles. The first-order valence-electron chi connectivity index (χ1n) is 8.58. The van der Waals surface area contributed by atoms with Crippen molar-refractivity contribution in [1.29, 1.82) is 0 Å². The fourth-order valence-corrected chi connectivity index (χ4v) is 2.40. The van der Waals surface area contributed by atoms with Crippen molar-refractivity contribution in [2.75, 3.05) is 27.4 Å². The Morgan fingerprint density at radius 3 is 2.35 bits per heavy atom. The van der Waals surface area contributed by atoms with E-state index < -0.39 is 0 Å². The lowest BCUT2D eigenvalue weighted by Gasteiger charge is -2.10. The molecular formula is C20H26N2O4. The summed E-state index contributed by atoms with van der Waals surface area (Å²) in [5, 5.41) is 4.29. The summed E-state index contributed by atoms with van der Waals surface area (Å²) in [6.07, 6.45) is 1.74. The van der Waals surface area contributed by atoms with Crippen LogP contribution in [0.3, 0.4) is 0 Å². The zero-order chi connectivity index (χ0) is 18.8. The monoisotopic (exact) mass is 358 g/mol. The molecule has 0 heterocycles. The van der Waals surface area contributed by atoms with Crippen LogP contribution >= 0.6 is 0 Å². The molecule has 2 aromatic carbocycles. The van der Waals surface area contributed by atoms with Crippen LogP contribution < -0.4 is 24.4 Å². The smallest absolute Gasteiger partial charge is 0.161 e. The van der Waals surface area contributed by atoms with E-state index in [0.717, 1.165) is 22.6 Å². The highest BCUT2D eigenvalue weighted by Crippen LogP contribution is 2.27. The average molecular weight is 358 g/mol. The van der Waals surface area contributed by atoms with Crippen molar-refractivity contribution < 1.29 is 18.9 Å². The minimum Gasteiger partial charge on any atom is -0.494 e. The third-order valence-corrected chi connectivity index (χ3v) is 3.62. The lowest BCUT2D eigenvalue weighted by atomic mass is 10.2. The molecule has 140 valence electrons. The molecule has 2 aromatic rings. The Morgan fingerprint density at radius 2 is 1.65 bits per heavy atom. The molecular weight excluding hydrogens is 332 g/mol. The van der Waals surface area contributed by atoms with E-state index >= 15 is 0 Å². The number of hydrogen-bond donors (Lipinski definition) is 1. The topological polar surface area (TPSA) is 61.3 Å². The number of benzene rings is 2. The van der Waals surface area contributed by atoms with E-state index in [1.54, 1.807) is 20.4 Å². The van der Waals surface area contributed by atoms with Crippen LogP contribution in [-0.4, -0.2) is 33.6 Å². The van der Waals surface area contributed by atoms with Crippen LogP contribution in [0.4, 0.5) is 0 Å². The van der Waals surface area contributed by atoms with Crippen LogP contribution in [0.15, 0.2) is 41.5 Å². The third-order valence-electron chi connectivity index (χ3n) is 3.62. The van der Waals surface area contributed by atoms with Crippen LogP contribution in [0, 0.1) is 0 Å². The molecule has 0 saturated heterocycles. The quantitative estimate of drug-likeness (QED) is 0.519. The van der Waals surface area contributed by atoms with Gasteiger partial charge in [-0.1, -0.05) is 6.07 Å². The minimum atomic E-state index is 0.567. The van der Waals surface area contributed by atoms with E-state index in [2.05, 4.69) is 10.5 Å². The molecule has 26 heavy (non-hydrogen) atoms. The average Bonchev–Trinajstić information content (AvgIpc) is 2.67. The second-order valence-electron chi connectivity index (χ2n) is 5.35. The van der Waals surface area contributed by atoms with Gasteiger partial charge in [0.15, 0.2) is 11.5 Å². The minimum absolute atomic E-state index is 0.567. The van der Waals surface area contributed by atoms with Gasteiger partial charge in [0.1, 0.15) is 11.5 Å². The van der Waals surface area contributed by atoms with E-state index in [4.69, 9.17) is 18.9 Å². The van der Waals surface area contributed by atoms with Gasteiger partial charge >= 0.3 is 0 Å². The van der Waals surface area contributed by atoms with Crippen molar-refractivity contribution in [3.05, 3.63) is 47.5 Å². The zero-order valence-corrected chi connectivity index (χ0v) is 15.7. The fraction of sp³-hybridized carbons (Fsp3) is 0.350. The molecule has 0 amide bonds. The summed E-state index contributed by atoms with van der Waals surface area (Å²) in [6.45, 7) is 5.66. The van der Waals surface area contributed by atoms with E-state index in [0.29, 0.717) is 31.3 Å². The molecule has 0 spiro atoms. The van der Waals surface area contributed by atoms with Crippen molar-refractivity contribution in [1.82, 2.24) is 5.43 Å². The number of methoxy groups -OCH3 is 2. The summed E-state index contributed by atoms with van der Waals surface area (Å²) >= 11 is 0. The van der Waals surface area contributed by atoms with Crippen molar-refractivity contribution in [3.63, 3.8) is 0 Å². The maximum absolute atomic E-state index is 5.67. The van der Waals surface area contributed by atoms with E-state index in [9.17, 15) is 0 Å². The first-order chi connectivity index (χ1) is 12.7. The van der Waals surface area contributed by atoms with Gasteiger partial charge in [0.25, 0.3) is 0 Å². The van der Waals surface area contributed by atoms with Gasteiger partial charge < -0.3 is 24.4 Å². The van der Waals surface area contributed by atoms with E-state index in [-0.39, 0.29) is 0 Å². The number of rotatable bonds is 10. The standard InChI is InChI=1S/C20H26N2O4/c1-5-25-17-9-8-16(19(12-17)26-6-2)14-22-21-13-15-7-10-18(23-3)20(11-15)24-4/h7-12,14,21H,5-6,13H2,1-4H3/b22-14-. The summed E-state index contributed by atoms with van der Waals surface area (Å²) in [5.41, 5.74) is 4.96. The SMILES string of the molecule is CCOc1ccc(/C=N\NCc2ccc(OC)c(OC)c2)c(OCC)c1. The van der Waals surface area contributed by atoms with Gasteiger partial charge in [0, 0.05) is 11.6 Å². The number of nitrogens with one attached hydrogen (secondary N) is 1. The summed E-state index contributed by atoms with van der Waals surface area (Å²) in [6, 6.07) is 11.5. The van der Waals surface area contributed by atoms with Gasteiger partial charge in [0.2, 0.25) is 0 Å². The predicted octanol–water partition coefficient (Wildman–Crippen LogP) is 3.62. The molecule has 0 radical (unpaired) electrons. The first kappa shape index (κ1) is 19.4. The number of hydrogen-bond acceptors (Lipinski definition) is 6. The molecule has 0 aliphatic rings. The van der Waals surface area contributed by atoms with Crippen molar-refractivity contribution in [2.24, 2.45) is 5.10 Å². The Bertz CT molecular complexity index is 732. The van der Waals surface area contributed by atoms with Gasteiger partial charge in [-0.25, -0.2) is 0 Å². The van der Waals surface area contributed by atoms with Crippen molar-refractivity contribution in [3.8, 4) is 23.0 Å². The molecule has 1 N–H and O–H groups in total. The highest BCUT2D eigenvalue weighted by Gasteiger charge is 2.05. The van der Waals surface area contributed by atoms with Crippen LogP contribution in [0.1, 0.15) is 25.0 Å². The molecule has 6 nitrogen and oxygen atoms in total. The molecule has 0 aromatic heterocycles. The zero-order valence-electron chi connectivity index (χ0n) is 15.7. The van der Waals surface area contributed by atoms with Crippen molar-refractivity contribution in [2.45, 2.75) is 20.4 Å². The van der Waals surface area contributed by atoms with E-state index in [1.807, 2.05) is 50.2 Å². The Labute approximate surface area is 154 Å². The van der Waals surface area contributed by atoms with Crippen LogP contribution in [0.25, 0.3) is 0 Å². The highest BCUT2D eigenvalue weighted by atomic mass is 16.5. The lowest BCUT2D eigenvalue weighted by Crippen LogP contribution is -2.06. The number of nitrogens with zero attached hydrogens (tertiary/aromatic N) is 1. The summed E-state index contributed by atoms with van der Waals surface area (Å²) in [4.78, 5) is 0. The maximum atomic E-state index is 5.67. The number of hydrazone groups is 1. The third kappa shape index (κ3) is 5.31. The molecule has 0 unspecified atom stereocenters. The Morgan fingerprint density at radius 1 is 0.885 bits per heavy atom. The Kier molecular flexibility index (Phi) is 7.61. The first-order valence-corrected chi connectivity index (χ1v) is 8.58. The molecule has 0 aliphatic heterocycles. The van der Waals surface area contributed by atoms with Crippen LogP contribution in [0.2, 0.25) is 0 Å². The van der Waals surface area contributed by atoms with Gasteiger partial charge in [0.05, 0.1) is 40.2 Å². The van der Waals surface area contributed by atoms with Crippen LogP contribution in [0.5, 0.6) is 23.0 Å². The fourth-order valence-electron chi connectivity index (χ4n) is 2.40. The Hall–Kier alpha value is -2.89. The largest absolute Gasteiger partial charge is 0.494 e. The molecule has 0 aliphatic carbocycles. The molecule has 0 atom stereocenters. The van der Waals surface area contributed by atoms with Gasteiger partial charge in [-0.3, -0.25) is 0 Å². The lowest BCUT2D eigenvalue weighted by molar-refractivity contribution is 0.323. The predicted molar refractivity (Wildman–Crippen MR) is 103 cm³/mol. The van der Waals surface area contributed by atoms with E-state index in [1.165, 1.54) is 0 Å². The number of ether oxygens (including phenoxy) is 4. The second kappa shape index (κ2) is 10.2.